The van der Waals surface area contributed by atoms with E-state index in [2.05, 4.69) is 9.97 Å². The normalized spacial score (nSPS) is 34.2. The summed E-state index contributed by atoms with van der Waals surface area (Å²) in [5.74, 6) is -0.555. The topological polar surface area (TPSA) is 62.7 Å². The van der Waals surface area contributed by atoms with E-state index < -0.39 is 11.6 Å². The van der Waals surface area contributed by atoms with Gasteiger partial charge < -0.3 is 18.9 Å². The zero-order valence-electron chi connectivity index (χ0n) is 13.1. The highest BCUT2D eigenvalue weighted by atomic mass is 16.8. The molecule has 3 atom stereocenters. The Morgan fingerprint density at radius 3 is 2.48 bits per heavy atom. The Kier molecular flexibility index (Phi) is 3.52. The number of aromatic nitrogens is 2. The van der Waals surface area contributed by atoms with Crippen molar-refractivity contribution >= 4 is 0 Å². The van der Waals surface area contributed by atoms with Gasteiger partial charge in [-0.1, -0.05) is 0 Å². The third-order valence-electron chi connectivity index (χ3n) is 3.61. The van der Waals surface area contributed by atoms with Crippen molar-refractivity contribution in [1.29, 1.82) is 0 Å². The minimum atomic E-state index is -0.676. The molecule has 3 heterocycles. The highest BCUT2D eigenvalue weighted by molar-refractivity contribution is 5.11. The van der Waals surface area contributed by atoms with Crippen molar-refractivity contribution < 1.29 is 18.9 Å². The molecular weight excluding hydrogens is 272 g/mol. The number of rotatable bonds is 2. The zero-order chi connectivity index (χ0) is 15.3. The molecule has 1 aromatic rings. The van der Waals surface area contributed by atoms with E-state index in [0.717, 1.165) is 5.69 Å². The lowest BCUT2D eigenvalue weighted by Gasteiger charge is -2.23. The molecular formula is C15H22N2O4. The first kappa shape index (κ1) is 14.8. The summed E-state index contributed by atoms with van der Waals surface area (Å²) in [7, 11) is 0. The molecule has 0 spiro atoms. The maximum absolute atomic E-state index is 6.05. The molecule has 116 valence electrons. The maximum atomic E-state index is 6.05. The number of nitrogens with zero attached hydrogens (tertiary/aromatic N) is 2. The smallest absolute Gasteiger partial charge is 0.164 e. The Hall–Kier alpha value is -1.08. The molecule has 2 aliphatic rings. The van der Waals surface area contributed by atoms with Gasteiger partial charge in [-0.05, 0) is 40.7 Å². The molecule has 6 nitrogen and oxygen atoms in total. The third kappa shape index (κ3) is 3.08. The number of hydrogen-bond acceptors (Lipinski definition) is 6. The summed E-state index contributed by atoms with van der Waals surface area (Å²) in [4.78, 5) is 8.60. The molecule has 0 bridgehead atoms. The van der Waals surface area contributed by atoms with E-state index in [1.165, 1.54) is 0 Å². The van der Waals surface area contributed by atoms with Gasteiger partial charge in [0.2, 0.25) is 0 Å². The largest absolute Gasteiger partial charge is 0.348 e. The van der Waals surface area contributed by atoms with Crippen molar-refractivity contribution in [1.82, 2.24) is 9.97 Å². The molecule has 6 heteroatoms. The summed E-state index contributed by atoms with van der Waals surface area (Å²) >= 11 is 0. The fourth-order valence-electron chi connectivity index (χ4n) is 2.80. The highest BCUT2D eigenvalue weighted by Crippen LogP contribution is 2.42. The van der Waals surface area contributed by atoms with Crippen molar-refractivity contribution in [2.24, 2.45) is 0 Å². The summed E-state index contributed by atoms with van der Waals surface area (Å²) in [5.41, 5.74) is 0.811. The van der Waals surface area contributed by atoms with Gasteiger partial charge in [0.25, 0.3) is 0 Å². The minimum Gasteiger partial charge on any atom is -0.348 e. The van der Waals surface area contributed by atoms with E-state index in [4.69, 9.17) is 18.9 Å². The second kappa shape index (κ2) is 4.98. The lowest BCUT2D eigenvalue weighted by atomic mass is 10.1. The second-order valence-electron chi connectivity index (χ2n) is 6.42. The van der Waals surface area contributed by atoms with Crippen molar-refractivity contribution in [2.45, 2.75) is 64.5 Å². The van der Waals surface area contributed by atoms with Crippen molar-refractivity contribution in [3.63, 3.8) is 0 Å². The second-order valence-corrected chi connectivity index (χ2v) is 6.42. The number of hydrogen-bond donors (Lipinski definition) is 0. The maximum Gasteiger partial charge on any atom is 0.164 e. The Balaban J connectivity index is 1.87. The minimum absolute atomic E-state index is 0.179. The van der Waals surface area contributed by atoms with Crippen LogP contribution in [0, 0.1) is 6.92 Å². The Morgan fingerprint density at radius 1 is 1.10 bits per heavy atom. The van der Waals surface area contributed by atoms with Crippen molar-refractivity contribution in [2.75, 3.05) is 6.61 Å². The van der Waals surface area contributed by atoms with Crippen molar-refractivity contribution in [3.05, 3.63) is 23.8 Å². The first-order chi connectivity index (χ1) is 9.76. The van der Waals surface area contributed by atoms with Gasteiger partial charge in [-0.2, -0.15) is 0 Å². The van der Waals surface area contributed by atoms with Gasteiger partial charge in [-0.15, -0.1) is 0 Å². The van der Waals surface area contributed by atoms with Gasteiger partial charge in [-0.3, -0.25) is 0 Å². The van der Waals surface area contributed by atoms with Gasteiger partial charge in [0, 0.05) is 6.20 Å². The summed E-state index contributed by atoms with van der Waals surface area (Å²) in [6, 6.07) is 1.86. The van der Waals surface area contributed by atoms with E-state index in [-0.39, 0.29) is 18.3 Å². The van der Waals surface area contributed by atoms with Crippen LogP contribution < -0.4 is 0 Å². The average molecular weight is 294 g/mol. The third-order valence-corrected chi connectivity index (χ3v) is 3.61. The summed E-state index contributed by atoms with van der Waals surface area (Å²) in [5, 5.41) is 0. The van der Waals surface area contributed by atoms with Crippen LogP contribution in [0.4, 0.5) is 0 Å². The molecule has 0 unspecified atom stereocenters. The standard InChI is InChI=1S/C15H22N2O4/c1-9-16-7-6-10(17-9)12-13(21-15(4,5)20-12)11-8-18-14(2,3)19-11/h6-7,11-13H,8H2,1-5H3/t11-,12+,13+/m1/s1. The van der Waals surface area contributed by atoms with E-state index in [0.29, 0.717) is 12.4 Å². The monoisotopic (exact) mass is 294 g/mol. The van der Waals surface area contributed by atoms with E-state index >= 15 is 0 Å². The molecule has 21 heavy (non-hydrogen) atoms. The lowest BCUT2D eigenvalue weighted by Crippen LogP contribution is -2.35. The van der Waals surface area contributed by atoms with Crippen molar-refractivity contribution in [3.8, 4) is 0 Å². The summed E-state index contributed by atoms with van der Waals surface area (Å²) in [6.07, 6.45) is 1.02. The first-order valence-electron chi connectivity index (χ1n) is 7.23. The van der Waals surface area contributed by atoms with Gasteiger partial charge >= 0.3 is 0 Å². The van der Waals surface area contributed by atoms with Gasteiger partial charge in [0.15, 0.2) is 11.6 Å². The molecule has 0 aromatic carbocycles. The molecule has 0 aliphatic carbocycles. The van der Waals surface area contributed by atoms with Crippen LogP contribution in [0.5, 0.6) is 0 Å². The molecule has 0 amide bonds. The van der Waals surface area contributed by atoms with Crippen LogP contribution in [-0.4, -0.2) is 40.4 Å². The Bertz CT molecular complexity index is 532. The quantitative estimate of drug-likeness (QED) is 0.832. The van der Waals surface area contributed by atoms with Gasteiger partial charge in [0.05, 0.1) is 12.3 Å². The molecule has 1 aromatic heterocycles. The summed E-state index contributed by atoms with van der Waals surface area (Å²) in [6.45, 7) is 9.94. The molecule has 2 fully saturated rings. The average Bonchev–Trinajstić information content (AvgIpc) is 2.89. The van der Waals surface area contributed by atoms with Crippen LogP contribution in [0.25, 0.3) is 0 Å². The van der Waals surface area contributed by atoms with Gasteiger partial charge in [0.1, 0.15) is 24.1 Å². The van der Waals surface area contributed by atoms with E-state index in [1.807, 2.05) is 40.7 Å². The Labute approximate surface area is 124 Å². The molecule has 2 aliphatic heterocycles. The molecule has 0 saturated carbocycles. The fourth-order valence-corrected chi connectivity index (χ4v) is 2.80. The molecule has 0 N–H and O–H groups in total. The predicted octanol–water partition coefficient (Wildman–Crippen LogP) is 2.13. The van der Waals surface area contributed by atoms with Gasteiger partial charge in [-0.25, -0.2) is 9.97 Å². The molecule has 2 saturated heterocycles. The number of aryl methyl sites for hydroxylation is 1. The molecule has 0 radical (unpaired) electrons. The highest BCUT2D eigenvalue weighted by Gasteiger charge is 2.50. The predicted molar refractivity (Wildman–Crippen MR) is 74.5 cm³/mol. The van der Waals surface area contributed by atoms with Crippen LogP contribution in [0.2, 0.25) is 0 Å². The van der Waals surface area contributed by atoms with E-state index in [9.17, 15) is 0 Å². The van der Waals surface area contributed by atoms with Crippen LogP contribution in [0.3, 0.4) is 0 Å². The van der Waals surface area contributed by atoms with Crippen LogP contribution in [-0.2, 0) is 18.9 Å². The zero-order valence-corrected chi connectivity index (χ0v) is 13.1. The van der Waals surface area contributed by atoms with Crippen LogP contribution in [0.15, 0.2) is 12.3 Å². The van der Waals surface area contributed by atoms with E-state index in [1.54, 1.807) is 6.20 Å². The number of ether oxygens (including phenoxy) is 4. The lowest BCUT2D eigenvalue weighted by molar-refractivity contribution is -0.174. The SMILES string of the molecule is Cc1nccc([C@@H]2OC(C)(C)O[C@H]2[C@H]2COC(C)(C)O2)n1. The summed E-state index contributed by atoms with van der Waals surface area (Å²) < 4.78 is 23.7. The van der Waals surface area contributed by atoms with Crippen LogP contribution in [0.1, 0.15) is 45.3 Å². The molecule has 3 rings (SSSR count). The van der Waals surface area contributed by atoms with Crippen LogP contribution >= 0.6 is 0 Å². The Morgan fingerprint density at radius 2 is 1.86 bits per heavy atom. The fraction of sp³-hybridized carbons (Fsp3) is 0.733. The first-order valence-corrected chi connectivity index (χ1v) is 7.23.